The molecule has 0 aliphatic rings. The second-order valence-electron chi connectivity index (χ2n) is 5.50. The molecule has 6 nitrogen and oxygen atoms in total. The Morgan fingerprint density at radius 3 is 2.68 bits per heavy atom. The van der Waals surface area contributed by atoms with E-state index in [0.29, 0.717) is 22.5 Å². The lowest BCUT2D eigenvalue weighted by molar-refractivity contribution is 0.292. The highest BCUT2D eigenvalue weighted by Gasteiger charge is 2.15. The lowest BCUT2D eigenvalue weighted by Crippen LogP contribution is -2.20. The molecule has 0 aliphatic carbocycles. The van der Waals surface area contributed by atoms with Gasteiger partial charge in [0.25, 0.3) is 5.56 Å². The Morgan fingerprint density at radius 1 is 1.08 bits per heavy atom. The first kappa shape index (κ1) is 15.3. The minimum absolute atomic E-state index is 0.0194. The third-order valence-electron chi connectivity index (χ3n) is 3.95. The van der Waals surface area contributed by atoms with Crippen LogP contribution in [0.5, 0.6) is 5.75 Å². The van der Waals surface area contributed by atoms with Gasteiger partial charge in [0.15, 0.2) is 17.5 Å². The number of ether oxygens (including phenoxy) is 1. The molecule has 126 valence electrons. The molecule has 0 fully saturated rings. The second-order valence-corrected chi connectivity index (χ2v) is 5.50. The van der Waals surface area contributed by atoms with Gasteiger partial charge in [-0.25, -0.2) is 8.78 Å². The Labute approximate surface area is 139 Å². The van der Waals surface area contributed by atoms with E-state index in [0.717, 1.165) is 12.1 Å². The molecule has 0 amide bonds. The number of benzene rings is 2. The van der Waals surface area contributed by atoms with Gasteiger partial charge < -0.3 is 4.74 Å². The lowest BCUT2D eigenvalue weighted by atomic mass is 10.2. The number of aromatic nitrogens is 4. The van der Waals surface area contributed by atoms with Gasteiger partial charge in [-0.05, 0) is 24.3 Å². The SMILES string of the molecule is Cn1c(=O)c2ccccc2n2c(COc3ccc(F)c(F)c3)nnc12. The zero-order chi connectivity index (χ0) is 17.6. The summed E-state index contributed by atoms with van der Waals surface area (Å²) in [6, 6.07) is 10.4. The highest BCUT2D eigenvalue weighted by molar-refractivity contribution is 5.80. The summed E-state index contributed by atoms with van der Waals surface area (Å²) in [7, 11) is 1.61. The molecule has 0 N–H and O–H groups in total. The number of nitrogens with zero attached hydrogens (tertiary/aromatic N) is 4. The van der Waals surface area contributed by atoms with Crippen LogP contribution >= 0.6 is 0 Å². The standard InChI is InChI=1S/C17H12F2N4O2/c1-22-16(24)11-4-2-3-5-14(11)23-15(20-21-17(22)23)9-25-10-6-7-12(18)13(19)8-10/h2-8H,9H2,1H3. The van der Waals surface area contributed by atoms with Crippen LogP contribution in [0, 0.1) is 11.6 Å². The predicted octanol–water partition coefficient (Wildman–Crippen LogP) is 2.44. The maximum absolute atomic E-state index is 13.3. The van der Waals surface area contributed by atoms with Crippen LogP contribution in [0.15, 0.2) is 47.3 Å². The Kier molecular flexibility index (Phi) is 3.45. The van der Waals surface area contributed by atoms with Gasteiger partial charge in [0.1, 0.15) is 12.4 Å². The number of rotatable bonds is 3. The van der Waals surface area contributed by atoms with Crippen LogP contribution < -0.4 is 10.3 Å². The molecular weight excluding hydrogens is 330 g/mol. The van der Waals surface area contributed by atoms with Crippen molar-refractivity contribution in [2.45, 2.75) is 6.61 Å². The first-order chi connectivity index (χ1) is 12.1. The van der Waals surface area contributed by atoms with Crippen molar-refractivity contribution in [3.05, 3.63) is 70.3 Å². The summed E-state index contributed by atoms with van der Waals surface area (Å²) in [6.45, 7) is -0.0194. The molecule has 25 heavy (non-hydrogen) atoms. The van der Waals surface area contributed by atoms with Crippen molar-refractivity contribution in [3.8, 4) is 5.75 Å². The van der Waals surface area contributed by atoms with E-state index in [2.05, 4.69) is 10.2 Å². The summed E-state index contributed by atoms with van der Waals surface area (Å²) in [5.74, 6) is -0.957. The minimum atomic E-state index is -0.989. The van der Waals surface area contributed by atoms with Gasteiger partial charge in [-0.1, -0.05) is 12.1 Å². The fourth-order valence-corrected chi connectivity index (χ4v) is 2.70. The summed E-state index contributed by atoms with van der Waals surface area (Å²) in [6.07, 6.45) is 0. The van der Waals surface area contributed by atoms with Gasteiger partial charge in [-0.3, -0.25) is 13.8 Å². The van der Waals surface area contributed by atoms with E-state index in [-0.39, 0.29) is 17.9 Å². The average molecular weight is 342 g/mol. The predicted molar refractivity (Wildman–Crippen MR) is 86.4 cm³/mol. The topological polar surface area (TPSA) is 61.4 Å². The molecule has 2 aromatic heterocycles. The maximum atomic E-state index is 13.3. The van der Waals surface area contributed by atoms with E-state index in [1.165, 1.54) is 10.6 Å². The highest BCUT2D eigenvalue weighted by Crippen LogP contribution is 2.18. The van der Waals surface area contributed by atoms with Crippen molar-refractivity contribution in [1.29, 1.82) is 0 Å². The number of para-hydroxylation sites is 1. The quantitative estimate of drug-likeness (QED) is 0.574. The molecule has 0 aliphatic heterocycles. The van der Waals surface area contributed by atoms with E-state index in [1.807, 2.05) is 0 Å². The van der Waals surface area contributed by atoms with Crippen LogP contribution in [0.1, 0.15) is 5.82 Å². The fraction of sp³-hybridized carbons (Fsp3) is 0.118. The smallest absolute Gasteiger partial charge is 0.262 e. The van der Waals surface area contributed by atoms with Gasteiger partial charge in [0.2, 0.25) is 5.78 Å². The summed E-state index contributed by atoms with van der Waals surface area (Å²) in [5.41, 5.74) is 0.470. The maximum Gasteiger partial charge on any atom is 0.262 e. The summed E-state index contributed by atoms with van der Waals surface area (Å²) in [5, 5.41) is 8.62. The minimum Gasteiger partial charge on any atom is -0.485 e. The summed E-state index contributed by atoms with van der Waals surface area (Å²) in [4.78, 5) is 12.4. The molecule has 0 bridgehead atoms. The normalized spacial score (nSPS) is 11.3. The third kappa shape index (κ3) is 2.42. The first-order valence-electron chi connectivity index (χ1n) is 7.46. The molecule has 0 atom stereocenters. The number of halogens is 2. The number of aryl methyl sites for hydroxylation is 1. The summed E-state index contributed by atoms with van der Waals surface area (Å²) < 4.78 is 34.9. The van der Waals surface area contributed by atoms with E-state index >= 15 is 0 Å². The molecule has 4 rings (SSSR count). The van der Waals surface area contributed by atoms with Gasteiger partial charge in [-0.15, -0.1) is 10.2 Å². The molecule has 2 heterocycles. The van der Waals surface area contributed by atoms with Gasteiger partial charge in [0, 0.05) is 13.1 Å². The zero-order valence-corrected chi connectivity index (χ0v) is 13.1. The Morgan fingerprint density at radius 2 is 1.88 bits per heavy atom. The number of hydrogen-bond acceptors (Lipinski definition) is 4. The van der Waals surface area contributed by atoms with Crippen molar-refractivity contribution in [2.24, 2.45) is 7.05 Å². The van der Waals surface area contributed by atoms with E-state index in [9.17, 15) is 13.6 Å². The average Bonchev–Trinajstić information content (AvgIpc) is 3.05. The van der Waals surface area contributed by atoms with Crippen molar-refractivity contribution >= 4 is 16.7 Å². The zero-order valence-electron chi connectivity index (χ0n) is 13.1. The fourth-order valence-electron chi connectivity index (χ4n) is 2.70. The molecule has 8 heteroatoms. The van der Waals surface area contributed by atoms with Crippen molar-refractivity contribution in [3.63, 3.8) is 0 Å². The van der Waals surface area contributed by atoms with Gasteiger partial charge in [-0.2, -0.15) is 0 Å². The summed E-state index contributed by atoms with van der Waals surface area (Å²) >= 11 is 0. The molecule has 0 saturated heterocycles. The molecule has 0 spiro atoms. The van der Waals surface area contributed by atoms with Crippen molar-refractivity contribution in [2.75, 3.05) is 0 Å². The van der Waals surface area contributed by atoms with Crippen molar-refractivity contribution in [1.82, 2.24) is 19.2 Å². The van der Waals surface area contributed by atoms with Gasteiger partial charge >= 0.3 is 0 Å². The molecule has 0 saturated carbocycles. The Bertz CT molecular complexity index is 1170. The molecule has 0 radical (unpaired) electrons. The molecular formula is C17H12F2N4O2. The molecule has 0 unspecified atom stereocenters. The van der Waals surface area contributed by atoms with Crippen LogP contribution in [0.4, 0.5) is 8.78 Å². The Balaban J connectivity index is 1.80. The van der Waals surface area contributed by atoms with Crippen LogP contribution in [-0.4, -0.2) is 19.2 Å². The van der Waals surface area contributed by atoms with E-state index < -0.39 is 11.6 Å². The molecule has 4 aromatic rings. The van der Waals surface area contributed by atoms with Crippen LogP contribution in [0.2, 0.25) is 0 Å². The number of hydrogen-bond donors (Lipinski definition) is 0. The molecule has 2 aromatic carbocycles. The van der Waals surface area contributed by atoms with Gasteiger partial charge in [0.05, 0.1) is 10.9 Å². The van der Waals surface area contributed by atoms with Crippen LogP contribution in [-0.2, 0) is 13.7 Å². The third-order valence-corrected chi connectivity index (χ3v) is 3.95. The number of fused-ring (bicyclic) bond motifs is 3. The largest absolute Gasteiger partial charge is 0.485 e. The Hall–Kier alpha value is -3.29. The van der Waals surface area contributed by atoms with Crippen LogP contribution in [0.25, 0.3) is 16.7 Å². The van der Waals surface area contributed by atoms with E-state index in [4.69, 9.17) is 4.74 Å². The lowest BCUT2D eigenvalue weighted by Gasteiger charge is -2.09. The second kappa shape index (κ2) is 5.66. The van der Waals surface area contributed by atoms with E-state index in [1.54, 1.807) is 35.7 Å². The van der Waals surface area contributed by atoms with Crippen LogP contribution in [0.3, 0.4) is 0 Å². The first-order valence-corrected chi connectivity index (χ1v) is 7.46. The monoisotopic (exact) mass is 342 g/mol. The highest BCUT2D eigenvalue weighted by atomic mass is 19.2. The van der Waals surface area contributed by atoms with Crippen molar-refractivity contribution < 1.29 is 13.5 Å².